The molecule has 0 saturated carbocycles. The van der Waals surface area contributed by atoms with E-state index in [0.29, 0.717) is 17.2 Å². The van der Waals surface area contributed by atoms with Crippen molar-refractivity contribution < 1.29 is 9.90 Å². The number of anilines is 3. The molecule has 3 aromatic heterocycles. The van der Waals surface area contributed by atoms with Crippen molar-refractivity contribution in [2.75, 3.05) is 43.4 Å². The lowest BCUT2D eigenvalue weighted by atomic mass is 10.2. The van der Waals surface area contributed by atoms with E-state index in [1.54, 1.807) is 22.2 Å². The van der Waals surface area contributed by atoms with E-state index in [2.05, 4.69) is 49.4 Å². The van der Waals surface area contributed by atoms with Gasteiger partial charge < -0.3 is 20.2 Å². The van der Waals surface area contributed by atoms with Crippen molar-refractivity contribution in [3.63, 3.8) is 0 Å². The number of likely N-dealkylation sites (N-methyl/N-ethyl adjacent to an activating group) is 1. The average Bonchev–Trinajstić information content (AvgIpc) is 3.46. The van der Waals surface area contributed by atoms with Crippen molar-refractivity contribution in [3.8, 4) is 11.3 Å². The Labute approximate surface area is 182 Å². The summed E-state index contributed by atoms with van der Waals surface area (Å²) in [5, 5.41) is 18.6. The molecule has 1 aliphatic rings. The maximum absolute atomic E-state index is 11.2. The summed E-state index contributed by atoms with van der Waals surface area (Å²) in [4.78, 5) is 25.1. The number of hydrogen-bond donors (Lipinski definition) is 2. The molecule has 0 bridgehead atoms. The van der Waals surface area contributed by atoms with Crippen LogP contribution in [-0.2, 0) is 0 Å². The third-order valence-electron chi connectivity index (χ3n) is 5.41. The number of carboxylic acids is 1. The summed E-state index contributed by atoms with van der Waals surface area (Å²) in [5.41, 5.74) is 4.12. The number of fused-ring (bicyclic) bond motifs is 1. The second-order valence-corrected chi connectivity index (χ2v) is 8.37. The van der Waals surface area contributed by atoms with Crippen LogP contribution in [0.15, 0.2) is 48.2 Å². The molecule has 1 fully saturated rings. The van der Waals surface area contributed by atoms with Crippen molar-refractivity contribution in [1.82, 2.24) is 24.5 Å². The van der Waals surface area contributed by atoms with Crippen LogP contribution in [-0.4, -0.2) is 68.8 Å². The summed E-state index contributed by atoms with van der Waals surface area (Å²) < 4.78 is 1.67. The highest BCUT2D eigenvalue weighted by Gasteiger charge is 2.16. The summed E-state index contributed by atoms with van der Waals surface area (Å²) in [6, 6.07) is 9.92. The van der Waals surface area contributed by atoms with Gasteiger partial charge in [-0.25, -0.2) is 19.3 Å². The van der Waals surface area contributed by atoms with Gasteiger partial charge in [-0.05, 0) is 37.4 Å². The number of piperazine rings is 1. The number of nitrogens with zero attached hydrogens (tertiary/aromatic N) is 6. The largest absolute Gasteiger partial charge is 0.477 e. The Bertz CT molecular complexity index is 1230. The molecule has 4 heterocycles. The zero-order chi connectivity index (χ0) is 21.4. The second kappa shape index (κ2) is 7.97. The van der Waals surface area contributed by atoms with E-state index < -0.39 is 5.97 Å². The number of rotatable bonds is 5. The molecule has 0 spiro atoms. The van der Waals surface area contributed by atoms with Crippen LogP contribution in [0.4, 0.5) is 17.2 Å². The van der Waals surface area contributed by atoms with Gasteiger partial charge in [0, 0.05) is 48.5 Å². The SMILES string of the molecule is CN1CCN(c2ccc(Nc3ncc(-c4csc(C(=O)O)c4)n4ncnc34)cc2)CC1. The van der Waals surface area contributed by atoms with Crippen LogP contribution in [0.1, 0.15) is 9.67 Å². The molecule has 0 aliphatic carbocycles. The highest BCUT2D eigenvalue weighted by Crippen LogP contribution is 2.28. The summed E-state index contributed by atoms with van der Waals surface area (Å²) in [6.45, 7) is 4.19. The fourth-order valence-corrected chi connectivity index (χ4v) is 4.38. The normalized spacial score (nSPS) is 14.8. The van der Waals surface area contributed by atoms with Crippen molar-refractivity contribution in [2.45, 2.75) is 0 Å². The number of benzene rings is 1. The highest BCUT2D eigenvalue weighted by molar-refractivity contribution is 7.12. The molecule has 9 nitrogen and oxygen atoms in total. The molecule has 4 aromatic rings. The molecule has 0 radical (unpaired) electrons. The van der Waals surface area contributed by atoms with Gasteiger partial charge >= 0.3 is 5.97 Å². The maximum Gasteiger partial charge on any atom is 0.345 e. The molecular formula is C21H21N7O2S. The molecule has 10 heteroatoms. The molecule has 1 aliphatic heterocycles. The van der Waals surface area contributed by atoms with Crippen LogP contribution in [0.25, 0.3) is 16.9 Å². The monoisotopic (exact) mass is 435 g/mol. The fourth-order valence-electron chi connectivity index (χ4n) is 3.64. The summed E-state index contributed by atoms with van der Waals surface area (Å²) >= 11 is 1.17. The summed E-state index contributed by atoms with van der Waals surface area (Å²) in [7, 11) is 2.15. The minimum atomic E-state index is -0.947. The van der Waals surface area contributed by atoms with E-state index in [1.807, 2.05) is 12.1 Å². The van der Waals surface area contributed by atoms with Gasteiger partial charge in [0.2, 0.25) is 0 Å². The van der Waals surface area contributed by atoms with Gasteiger partial charge in [-0.1, -0.05) is 0 Å². The standard InChI is InChI=1S/C21H21N7O2S/c1-26-6-8-27(9-7-26)16-4-2-15(3-5-16)25-19-20-23-13-24-28(20)17(11-22-19)14-10-18(21(29)30)31-12-14/h2-5,10-13H,6-9H2,1H3,(H,22,25)(H,29,30). The Kier molecular flexibility index (Phi) is 5.00. The Balaban J connectivity index is 1.39. The van der Waals surface area contributed by atoms with Crippen molar-refractivity contribution >= 4 is 40.1 Å². The molecule has 0 unspecified atom stereocenters. The summed E-state index contributed by atoms with van der Waals surface area (Å²) in [6.07, 6.45) is 3.14. The molecule has 2 N–H and O–H groups in total. The van der Waals surface area contributed by atoms with Gasteiger partial charge in [-0.3, -0.25) is 0 Å². The Hall–Kier alpha value is -3.50. The zero-order valence-corrected chi connectivity index (χ0v) is 17.7. The van der Waals surface area contributed by atoms with Gasteiger partial charge in [0.1, 0.15) is 11.2 Å². The van der Waals surface area contributed by atoms with Crippen LogP contribution in [0.2, 0.25) is 0 Å². The summed E-state index contributed by atoms with van der Waals surface area (Å²) in [5.74, 6) is -0.361. The first-order valence-electron chi connectivity index (χ1n) is 9.90. The molecule has 31 heavy (non-hydrogen) atoms. The van der Waals surface area contributed by atoms with E-state index in [9.17, 15) is 9.90 Å². The lowest BCUT2D eigenvalue weighted by molar-refractivity contribution is 0.0702. The van der Waals surface area contributed by atoms with Gasteiger partial charge in [0.05, 0.1) is 11.9 Å². The fraction of sp³-hybridized carbons (Fsp3) is 0.238. The minimum absolute atomic E-state index is 0.269. The van der Waals surface area contributed by atoms with E-state index in [4.69, 9.17) is 0 Å². The van der Waals surface area contributed by atoms with Gasteiger partial charge in [0.15, 0.2) is 11.5 Å². The predicted octanol–water partition coefficient (Wildman–Crippen LogP) is 3.05. The molecule has 158 valence electrons. The van der Waals surface area contributed by atoms with Crippen LogP contribution in [0.5, 0.6) is 0 Å². The first-order valence-corrected chi connectivity index (χ1v) is 10.8. The molecule has 5 rings (SSSR count). The highest BCUT2D eigenvalue weighted by atomic mass is 32.1. The van der Waals surface area contributed by atoms with Crippen LogP contribution >= 0.6 is 11.3 Å². The number of aromatic carboxylic acids is 1. The first kappa shape index (κ1) is 19.5. The van der Waals surface area contributed by atoms with Gasteiger partial charge in [-0.15, -0.1) is 11.3 Å². The third-order valence-corrected chi connectivity index (χ3v) is 6.33. The van der Waals surface area contributed by atoms with Crippen LogP contribution in [0, 0.1) is 0 Å². The smallest absolute Gasteiger partial charge is 0.345 e. The number of nitrogens with one attached hydrogen (secondary N) is 1. The quantitative estimate of drug-likeness (QED) is 0.494. The molecule has 1 saturated heterocycles. The third kappa shape index (κ3) is 3.82. The molecule has 0 atom stereocenters. The van der Waals surface area contributed by atoms with Crippen molar-refractivity contribution in [1.29, 1.82) is 0 Å². The number of carbonyl (C=O) groups is 1. The minimum Gasteiger partial charge on any atom is -0.477 e. The lowest BCUT2D eigenvalue weighted by Crippen LogP contribution is -2.44. The van der Waals surface area contributed by atoms with Crippen LogP contribution < -0.4 is 10.2 Å². The topological polar surface area (TPSA) is 98.9 Å². The Morgan fingerprint density at radius 2 is 1.90 bits per heavy atom. The lowest BCUT2D eigenvalue weighted by Gasteiger charge is -2.34. The van der Waals surface area contributed by atoms with Crippen molar-refractivity contribution in [2.24, 2.45) is 0 Å². The number of carboxylic acid groups (broad SMARTS) is 1. The predicted molar refractivity (Wildman–Crippen MR) is 120 cm³/mol. The van der Waals surface area contributed by atoms with E-state index >= 15 is 0 Å². The zero-order valence-electron chi connectivity index (χ0n) is 16.9. The Morgan fingerprint density at radius 1 is 1.13 bits per heavy atom. The molecule has 1 aromatic carbocycles. The molecular weight excluding hydrogens is 414 g/mol. The number of aromatic nitrogens is 4. The second-order valence-electron chi connectivity index (χ2n) is 7.45. The van der Waals surface area contributed by atoms with Crippen molar-refractivity contribution in [3.05, 3.63) is 53.1 Å². The maximum atomic E-state index is 11.2. The average molecular weight is 436 g/mol. The van der Waals surface area contributed by atoms with Gasteiger partial charge in [0.25, 0.3) is 0 Å². The van der Waals surface area contributed by atoms with E-state index in [1.165, 1.54) is 23.4 Å². The van der Waals surface area contributed by atoms with E-state index in [-0.39, 0.29) is 4.88 Å². The molecule has 0 amide bonds. The number of hydrogen-bond acceptors (Lipinski definition) is 8. The first-order chi connectivity index (χ1) is 15.1. The van der Waals surface area contributed by atoms with E-state index in [0.717, 1.165) is 37.4 Å². The Morgan fingerprint density at radius 3 is 2.61 bits per heavy atom. The van der Waals surface area contributed by atoms with Gasteiger partial charge in [-0.2, -0.15) is 5.10 Å². The number of thiophene rings is 1. The van der Waals surface area contributed by atoms with Crippen LogP contribution in [0.3, 0.4) is 0 Å².